The maximum Gasteiger partial charge on any atom is 0.114 e. The fourth-order valence-electron chi connectivity index (χ4n) is 2.64. The van der Waals surface area contributed by atoms with Crippen LogP contribution in [-0.4, -0.2) is 20.1 Å². The molecule has 0 radical (unpaired) electrons. The minimum Gasteiger partial charge on any atom is -0.384 e. The van der Waals surface area contributed by atoms with Crippen LogP contribution in [0.4, 0.5) is 0 Å². The molecular weight excluding hydrogens is 238 g/mol. The number of fused-ring (bicyclic) bond motifs is 1. The van der Waals surface area contributed by atoms with Gasteiger partial charge in [0.25, 0.3) is 0 Å². The lowest BCUT2D eigenvalue weighted by atomic mass is 9.90. The summed E-state index contributed by atoms with van der Waals surface area (Å²) < 4.78 is 1.79. The zero-order valence-electron chi connectivity index (χ0n) is 11.4. The second kappa shape index (κ2) is 4.46. The summed E-state index contributed by atoms with van der Waals surface area (Å²) in [6.45, 7) is 3.45. The van der Waals surface area contributed by atoms with E-state index in [9.17, 15) is 5.11 Å². The monoisotopic (exact) mass is 257 g/mol. The van der Waals surface area contributed by atoms with E-state index in [1.54, 1.807) is 18.5 Å². The molecule has 1 N–H and O–H groups in total. The van der Waals surface area contributed by atoms with E-state index in [4.69, 9.17) is 0 Å². The van der Waals surface area contributed by atoms with Crippen LogP contribution in [0.1, 0.15) is 43.5 Å². The lowest BCUT2D eigenvalue weighted by molar-refractivity contribution is 0.0737. The van der Waals surface area contributed by atoms with Crippen molar-refractivity contribution in [2.75, 3.05) is 0 Å². The van der Waals surface area contributed by atoms with Gasteiger partial charge in [0.05, 0.1) is 11.9 Å². The van der Waals surface area contributed by atoms with E-state index < -0.39 is 5.60 Å². The van der Waals surface area contributed by atoms with Gasteiger partial charge in [-0.3, -0.25) is 0 Å². The minimum absolute atomic E-state index is 0.598. The summed E-state index contributed by atoms with van der Waals surface area (Å²) in [4.78, 5) is 0. The molecule has 4 nitrogen and oxygen atoms in total. The first-order valence-corrected chi connectivity index (χ1v) is 6.82. The van der Waals surface area contributed by atoms with Crippen LogP contribution in [0.25, 0.3) is 5.69 Å². The number of hydrogen-bond acceptors (Lipinski definition) is 3. The van der Waals surface area contributed by atoms with Crippen LogP contribution >= 0.6 is 0 Å². The molecule has 0 saturated heterocycles. The summed E-state index contributed by atoms with van der Waals surface area (Å²) in [7, 11) is 0. The highest BCUT2D eigenvalue weighted by atomic mass is 16.3. The number of nitrogens with zero attached hydrogens (tertiary/aromatic N) is 3. The average Bonchev–Trinajstić information content (AvgIpc) is 2.87. The maximum absolute atomic E-state index is 9.97. The molecule has 0 saturated carbocycles. The fraction of sp³-hybridized carbons (Fsp3) is 0.467. The van der Waals surface area contributed by atoms with Crippen LogP contribution < -0.4 is 0 Å². The Balaban J connectivity index is 2.05. The molecule has 3 rings (SSSR count). The summed E-state index contributed by atoms with van der Waals surface area (Å²) >= 11 is 0. The van der Waals surface area contributed by atoms with Gasteiger partial charge < -0.3 is 5.11 Å². The molecule has 0 aliphatic heterocycles. The van der Waals surface area contributed by atoms with Crippen LogP contribution in [0.2, 0.25) is 0 Å². The third kappa shape index (κ3) is 2.28. The summed E-state index contributed by atoms with van der Waals surface area (Å²) in [5, 5.41) is 18.2. The van der Waals surface area contributed by atoms with Gasteiger partial charge in [-0.2, -0.15) is 0 Å². The minimum atomic E-state index is -0.951. The first-order valence-electron chi connectivity index (χ1n) is 6.82. The Hall–Kier alpha value is -1.68. The molecule has 1 aliphatic carbocycles. The Bertz CT molecular complexity index is 596. The number of aliphatic hydroxyl groups is 1. The maximum atomic E-state index is 9.97. The van der Waals surface area contributed by atoms with Crippen LogP contribution in [-0.2, 0) is 18.4 Å². The molecule has 100 valence electrons. The topological polar surface area (TPSA) is 50.9 Å². The molecule has 1 aromatic carbocycles. The first kappa shape index (κ1) is 12.4. The van der Waals surface area contributed by atoms with Gasteiger partial charge in [-0.05, 0) is 56.7 Å². The van der Waals surface area contributed by atoms with Crippen LogP contribution in [0.3, 0.4) is 0 Å². The lowest BCUT2D eigenvalue weighted by Crippen LogP contribution is -2.15. The van der Waals surface area contributed by atoms with E-state index in [1.807, 2.05) is 6.20 Å². The Morgan fingerprint density at radius 3 is 2.74 bits per heavy atom. The molecule has 0 amide bonds. The van der Waals surface area contributed by atoms with Gasteiger partial charge in [-0.15, -0.1) is 5.10 Å². The molecule has 1 aromatic heterocycles. The Kier molecular flexibility index (Phi) is 2.90. The van der Waals surface area contributed by atoms with E-state index in [0.717, 1.165) is 18.5 Å². The van der Waals surface area contributed by atoms with E-state index >= 15 is 0 Å². The first-order chi connectivity index (χ1) is 9.05. The van der Waals surface area contributed by atoms with Crippen molar-refractivity contribution in [1.29, 1.82) is 0 Å². The molecule has 1 heterocycles. The van der Waals surface area contributed by atoms with E-state index in [1.165, 1.54) is 24.0 Å². The highest BCUT2D eigenvalue weighted by Gasteiger charge is 2.21. The zero-order chi connectivity index (χ0) is 13.5. The molecule has 0 spiro atoms. The van der Waals surface area contributed by atoms with E-state index in [-0.39, 0.29) is 0 Å². The van der Waals surface area contributed by atoms with Crippen molar-refractivity contribution in [2.45, 2.75) is 45.1 Å². The molecule has 0 bridgehead atoms. The van der Waals surface area contributed by atoms with Crippen molar-refractivity contribution in [1.82, 2.24) is 15.0 Å². The van der Waals surface area contributed by atoms with E-state index in [0.29, 0.717) is 5.69 Å². The quantitative estimate of drug-likeness (QED) is 0.898. The number of rotatable bonds is 2. The Labute approximate surface area is 113 Å². The normalized spacial score (nSPS) is 15.3. The third-order valence-electron chi connectivity index (χ3n) is 3.74. The highest BCUT2D eigenvalue weighted by molar-refractivity contribution is 5.46. The Morgan fingerprint density at radius 1 is 1.21 bits per heavy atom. The molecule has 4 heteroatoms. The molecule has 19 heavy (non-hydrogen) atoms. The average molecular weight is 257 g/mol. The Morgan fingerprint density at radius 2 is 2.00 bits per heavy atom. The third-order valence-corrected chi connectivity index (χ3v) is 3.74. The van der Waals surface area contributed by atoms with Crippen molar-refractivity contribution in [3.8, 4) is 5.69 Å². The van der Waals surface area contributed by atoms with Crippen molar-refractivity contribution in [2.24, 2.45) is 0 Å². The molecule has 0 atom stereocenters. The molecule has 0 fully saturated rings. The molecule has 0 unspecified atom stereocenters. The number of aryl methyl sites for hydroxylation is 1. The lowest BCUT2D eigenvalue weighted by Gasteiger charge is -2.18. The van der Waals surface area contributed by atoms with Gasteiger partial charge >= 0.3 is 0 Å². The fourth-order valence-corrected chi connectivity index (χ4v) is 2.64. The van der Waals surface area contributed by atoms with Crippen LogP contribution in [0, 0.1) is 0 Å². The molecule has 2 aromatic rings. The summed E-state index contributed by atoms with van der Waals surface area (Å²) in [5.74, 6) is 0. The summed E-state index contributed by atoms with van der Waals surface area (Å²) in [6.07, 6.45) is 6.57. The number of hydrogen-bond donors (Lipinski definition) is 1. The zero-order valence-corrected chi connectivity index (χ0v) is 11.4. The van der Waals surface area contributed by atoms with Gasteiger partial charge in [0.1, 0.15) is 11.3 Å². The van der Waals surface area contributed by atoms with E-state index in [2.05, 4.69) is 28.5 Å². The van der Waals surface area contributed by atoms with Crippen LogP contribution in [0.5, 0.6) is 0 Å². The van der Waals surface area contributed by atoms with Gasteiger partial charge in [0.2, 0.25) is 0 Å². The summed E-state index contributed by atoms with van der Waals surface area (Å²) in [5.41, 5.74) is 3.54. The van der Waals surface area contributed by atoms with Crippen LogP contribution in [0.15, 0.2) is 24.4 Å². The standard InChI is InChI=1S/C15H19N3O/c1-15(2,19)14-10-18(17-16-14)13-9-5-7-11-6-3-4-8-12(11)13/h5,7,9-10,19H,3-4,6,8H2,1-2H3. The van der Waals surface area contributed by atoms with Crippen molar-refractivity contribution < 1.29 is 5.11 Å². The number of aromatic nitrogens is 3. The summed E-state index contributed by atoms with van der Waals surface area (Å²) in [6, 6.07) is 6.35. The van der Waals surface area contributed by atoms with Crippen molar-refractivity contribution in [3.63, 3.8) is 0 Å². The SMILES string of the molecule is CC(C)(O)c1cn(-c2cccc3c2CCCC3)nn1. The molecular formula is C15H19N3O. The highest BCUT2D eigenvalue weighted by Crippen LogP contribution is 2.27. The van der Waals surface area contributed by atoms with Gasteiger partial charge in [0.15, 0.2) is 0 Å². The predicted octanol–water partition coefficient (Wildman–Crippen LogP) is 2.37. The largest absolute Gasteiger partial charge is 0.384 e. The van der Waals surface area contributed by atoms with Gasteiger partial charge in [-0.25, -0.2) is 4.68 Å². The number of benzene rings is 1. The molecule has 1 aliphatic rings. The second-order valence-electron chi connectivity index (χ2n) is 5.73. The van der Waals surface area contributed by atoms with Crippen molar-refractivity contribution >= 4 is 0 Å². The smallest absolute Gasteiger partial charge is 0.114 e. The van der Waals surface area contributed by atoms with Gasteiger partial charge in [-0.1, -0.05) is 17.3 Å². The van der Waals surface area contributed by atoms with Gasteiger partial charge in [0, 0.05) is 0 Å². The second-order valence-corrected chi connectivity index (χ2v) is 5.73. The predicted molar refractivity (Wildman–Crippen MR) is 73.2 cm³/mol. The van der Waals surface area contributed by atoms with Crippen molar-refractivity contribution in [3.05, 3.63) is 41.2 Å².